The minimum absolute atomic E-state index is 0.0546. The molecule has 0 saturated carbocycles. The van der Waals surface area contributed by atoms with Crippen molar-refractivity contribution < 1.29 is 23.8 Å². The Bertz CT molecular complexity index is 1150. The van der Waals surface area contributed by atoms with Gasteiger partial charge in [0.05, 0.1) is 11.6 Å². The number of ether oxygens (including phenoxy) is 3. The first-order chi connectivity index (χ1) is 15.5. The van der Waals surface area contributed by atoms with E-state index in [2.05, 4.69) is 4.98 Å². The molecule has 0 atom stereocenters. The molecule has 0 fully saturated rings. The summed E-state index contributed by atoms with van der Waals surface area (Å²) in [6.45, 7) is 4.19. The number of esters is 1. The number of carbonyl (C=O) groups excluding carboxylic acids is 2. The molecule has 166 valence electrons. The third-order valence-corrected chi connectivity index (χ3v) is 6.15. The van der Waals surface area contributed by atoms with E-state index in [-0.39, 0.29) is 25.0 Å². The van der Waals surface area contributed by atoms with Gasteiger partial charge >= 0.3 is 5.97 Å². The zero-order chi connectivity index (χ0) is 22.7. The molecule has 0 spiro atoms. The predicted molar refractivity (Wildman–Crippen MR) is 122 cm³/mol. The van der Waals surface area contributed by atoms with Crippen LogP contribution in [0.5, 0.6) is 11.5 Å². The van der Waals surface area contributed by atoms with Crippen molar-refractivity contribution in [2.24, 2.45) is 0 Å². The largest absolute Gasteiger partial charge is 0.461 e. The van der Waals surface area contributed by atoms with Crippen LogP contribution < -0.4 is 14.4 Å². The van der Waals surface area contributed by atoms with Gasteiger partial charge in [0, 0.05) is 17.0 Å². The van der Waals surface area contributed by atoms with Gasteiger partial charge in [0.25, 0.3) is 5.91 Å². The number of anilines is 1. The van der Waals surface area contributed by atoms with Crippen molar-refractivity contribution in [1.29, 1.82) is 0 Å². The number of thiazole rings is 1. The number of fused-ring (bicyclic) bond motifs is 1. The highest BCUT2D eigenvalue weighted by Crippen LogP contribution is 2.40. The number of benzene rings is 2. The summed E-state index contributed by atoms with van der Waals surface area (Å²) in [6.07, 6.45) is 0.609. The lowest BCUT2D eigenvalue weighted by molar-refractivity contribution is 0.0519. The maximum atomic E-state index is 13.6. The van der Waals surface area contributed by atoms with Crippen LogP contribution in [0.4, 0.5) is 5.13 Å². The minimum atomic E-state index is -0.505. The quantitative estimate of drug-likeness (QED) is 0.455. The summed E-state index contributed by atoms with van der Waals surface area (Å²) in [4.78, 5) is 32.5. The highest BCUT2D eigenvalue weighted by Gasteiger charge is 2.27. The molecule has 32 heavy (non-hydrogen) atoms. The Morgan fingerprint density at radius 1 is 1.22 bits per heavy atom. The van der Waals surface area contributed by atoms with E-state index in [1.54, 1.807) is 30.9 Å². The van der Waals surface area contributed by atoms with Crippen LogP contribution >= 0.6 is 22.9 Å². The van der Waals surface area contributed by atoms with E-state index in [1.807, 2.05) is 30.3 Å². The van der Waals surface area contributed by atoms with Crippen LogP contribution in [0.25, 0.3) is 0 Å². The van der Waals surface area contributed by atoms with Gasteiger partial charge in [0.2, 0.25) is 6.79 Å². The maximum Gasteiger partial charge on any atom is 0.358 e. The van der Waals surface area contributed by atoms with E-state index in [4.69, 9.17) is 25.8 Å². The van der Waals surface area contributed by atoms with Gasteiger partial charge in [-0.15, -0.1) is 11.3 Å². The average Bonchev–Trinajstić information content (AvgIpc) is 3.41. The molecule has 1 aromatic heterocycles. The highest BCUT2D eigenvalue weighted by molar-refractivity contribution is 7.16. The van der Waals surface area contributed by atoms with Gasteiger partial charge in [0.1, 0.15) is 0 Å². The molecule has 7 nitrogen and oxygen atoms in total. The molecule has 0 N–H and O–H groups in total. The molecule has 4 rings (SSSR count). The fourth-order valence-electron chi connectivity index (χ4n) is 3.30. The van der Waals surface area contributed by atoms with Crippen LogP contribution in [0.1, 0.15) is 38.2 Å². The van der Waals surface area contributed by atoms with E-state index in [1.165, 1.54) is 11.3 Å². The number of nitrogens with zero attached hydrogens (tertiary/aromatic N) is 2. The summed E-state index contributed by atoms with van der Waals surface area (Å²) in [5, 5.41) is 0.717. The fraction of sp³-hybridized carbons (Fsp3) is 0.261. The summed E-state index contributed by atoms with van der Waals surface area (Å²) in [5.74, 6) is 0.0412. The van der Waals surface area contributed by atoms with Gasteiger partial charge in [-0.1, -0.05) is 41.9 Å². The third-order valence-electron chi connectivity index (χ3n) is 4.87. The highest BCUT2D eigenvalue weighted by atomic mass is 35.5. The Hall–Kier alpha value is -3.10. The van der Waals surface area contributed by atoms with Gasteiger partial charge < -0.3 is 14.2 Å². The number of aromatic nitrogens is 1. The summed E-state index contributed by atoms with van der Waals surface area (Å²) in [5.41, 5.74) is 1.64. The molecule has 0 radical (unpaired) electrons. The monoisotopic (exact) mass is 472 g/mol. The van der Waals surface area contributed by atoms with Crippen LogP contribution in [0.15, 0.2) is 42.5 Å². The first kappa shape index (κ1) is 22.1. The molecule has 9 heteroatoms. The molecule has 2 aromatic carbocycles. The zero-order valence-corrected chi connectivity index (χ0v) is 19.2. The number of amides is 1. The molecule has 1 amide bonds. The second-order valence-electron chi connectivity index (χ2n) is 7.01. The van der Waals surface area contributed by atoms with Gasteiger partial charge in [-0.25, -0.2) is 9.78 Å². The molecule has 0 bridgehead atoms. The van der Waals surface area contributed by atoms with E-state index >= 15 is 0 Å². The van der Waals surface area contributed by atoms with E-state index in [0.717, 1.165) is 5.56 Å². The molecule has 1 aliphatic rings. The Labute approximate surface area is 194 Å². The molecular formula is C23H21ClN2O5S. The lowest BCUT2D eigenvalue weighted by Crippen LogP contribution is -2.33. The summed E-state index contributed by atoms with van der Waals surface area (Å²) in [6, 6.07) is 13.0. The average molecular weight is 473 g/mol. The Morgan fingerprint density at radius 3 is 2.75 bits per heavy atom. The first-order valence-electron chi connectivity index (χ1n) is 10.1. The number of hydrogen-bond acceptors (Lipinski definition) is 7. The van der Waals surface area contributed by atoms with Crippen molar-refractivity contribution in [1.82, 2.24) is 4.98 Å². The lowest BCUT2D eigenvalue weighted by atomic mass is 10.1. The molecule has 0 unspecified atom stereocenters. The van der Waals surface area contributed by atoms with Crippen LogP contribution in [0.2, 0.25) is 5.02 Å². The number of aryl methyl sites for hydroxylation is 1. The molecule has 2 heterocycles. The van der Waals surface area contributed by atoms with Crippen LogP contribution in [-0.4, -0.2) is 36.8 Å². The number of halogens is 1. The lowest BCUT2D eigenvalue weighted by Gasteiger charge is -2.20. The van der Waals surface area contributed by atoms with Crippen molar-refractivity contribution >= 4 is 39.9 Å². The summed E-state index contributed by atoms with van der Waals surface area (Å²) in [7, 11) is 0. The number of rotatable bonds is 7. The molecule has 3 aromatic rings. The Kier molecular flexibility index (Phi) is 6.62. The van der Waals surface area contributed by atoms with Crippen molar-refractivity contribution in [3.8, 4) is 11.5 Å². The van der Waals surface area contributed by atoms with Crippen molar-refractivity contribution in [2.75, 3.05) is 24.8 Å². The van der Waals surface area contributed by atoms with Crippen LogP contribution in [-0.2, 0) is 11.2 Å². The predicted octanol–water partition coefficient (Wildman–Crippen LogP) is 4.90. The molecule has 1 aliphatic heterocycles. The van der Waals surface area contributed by atoms with Gasteiger partial charge in [-0.05, 0) is 38.0 Å². The zero-order valence-electron chi connectivity index (χ0n) is 17.6. The molecule has 0 saturated heterocycles. The maximum absolute atomic E-state index is 13.6. The van der Waals surface area contributed by atoms with Gasteiger partial charge in [-0.3, -0.25) is 9.69 Å². The van der Waals surface area contributed by atoms with Crippen LogP contribution in [0, 0.1) is 6.92 Å². The molecular weight excluding hydrogens is 452 g/mol. The fourth-order valence-corrected chi connectivity index (χ4v) is 4.49. The Balaban J connectivity index is 1.68. The minimum Gasteiger partial charge on any atom is -0.461 e. The first-order valence-corrected chi connectivity index (χ1v) is 11.3. The van der Waals surface area contributed by atoms with E-state index in [9.17, 15) is 9.59 Å². The van der Waals surface area contributed by atoms with E-state index in [0.29, 0.717) is 45.1 Å². The SMILES string of the molecule is CCOC(=O)c1nc(N(CCc2ccccc2)C(=O)c2cc(Cl)c3c(c2)OCO3)sc1C. The molecule has 0 aliphatic carbocycles. The number of hydrogen-bond donors (Lipinski definition) is 0. The number of carbonyl (C=O) groups is 2. The van der Waals surface area contributed by atoms with Gasteiger partial charge in [-0.2, -0.15) is 0 Å². The van der Waals surface area contributed by atoms with Crippen molar-refractivity contribution in [3.05, 3.63) is 69.2 Å². The second-order valence-corrected chi connectivity index (χ2v) is 8.59. The normalized spacial score (nSPS) is 12.0. The van der Waals surface area contributed by atoms with E-state index < -0.39 is 5.97 Å². The van der Waals surface area contributed by atoms with Crippen LogP contribution in [0.3, 0.4) is 0 Å². The Morgan fingerprint density at radius 2 is 2.00 bits per heavy atom. The summed E-state index contributed by atoms with van der Waals surface area (Å²) < 4.78 is 15.9. The summed E-state index contributed by atoms with van der Waals surface area (Å²) >= 11 is 7.57. The van der Waals surface area contributed by atoms with Crippen molar-refractivity contribution in [3.63, 3.8) is 0 Å². The second kappa shape index (κ2) is 9.58. The standard InChI is InChI=1S/C23H21ClN2O5S/c1-3-29-22(28)19-14(2)32-23(25-19)26(10-9-15-7-5-4-6-8-15)21(27)16-11-17(24)20-18(12-16)30-13-31-20/h4-8,11-12H,3,9-10,13H2,1-2H3. The van der Waals surface area contributed by atoms with Crippen molar-refractivity contribution in [2.45, 2.75) is 20.3 Å². The third kappa shape index (κ3) is 4.56. The topological polar surface area (TPSA) is 78.0 Å². The smallest absolute Gasteiger partial charge is 0.358 e. The van der Waals surface area contributed by atoms with Gasteiger partial charge in [0.15, 0.2) is 22.3 Å².